The Morgan fingerprint density at radius 1 is 1.50 bits per heavy atom. The van der Waals surface area contributed by atoms with Crippen LogP contribution in [0.4, 0.5) is 0 Å². The maximum absolute atomic E-state index is 9.25. The normalized spacial score (nSPS) is 17.2. The Hall–Kier alpha value is -0.730. The number of aryl methyl sites for hydroxylation is 1. The lowest BCUT2D eigenvalue weighted by Gasteiger charge is -2.17. The van der Waals surface area contributed by atoms with Crippen molar-refractivity contribution in [3.8, 4) is 5.75 Å². The van der Waals surface area contributed by atoms with Gasteiger partial charge in [0.05, 0.1) is 11.1 Å². The van der Waals surface area contributed by atoms with Crippen LogP contribution in [0.15, 0.2) is 12.1 Å². The molecule has 0 bridgehead atoms. The molecule has 2 rings (SSSR count). The molecular weight excluding hydrogens is 224 g/mol. The summed E-state index contributed by atoms with van der Waals surface area (Å²) in [6.45, 7) is 4.09. The molecule has 3 heteroatoms. The molecule has 0 aromatic heterocycles. The lowest BCUT2D eigenvalue weighted by molar-refractivity contribution is 0.261. The van der Waals surface area contributed by atoms with Crippen molar-refractivity contribution in [3.05, 3.63) is 28.3 Å². The highest BCUT2D eigenvalue weighted by atomic mass is 35.5. The largest absolute Gasteiger partial charge is 0.489 e. The van der Waals surface area contributed by atoms with Crippen LogP contribution in [-0.4, -0.2) is 17.8 Å². The number of halogens is 1. The van der Waals surface area contributed by atoms with Crippen molar-refractivity contribution in [2.75, 3.05) is 6.61 Å². The fourth-order valence-electron chi connectivity index (χ4n) is 1.70. The van der Waals surface area contributed by atoms with E-state index in [1.54, 1.807) is 0 Å². The molecule has 0 amide bonds. The number of hydrogen-bond acceptors (Lipinski definition) is 2. The summed E-state index contributed by atoms with van der Waals surface area (Å²) < 4.78 is 5.82. The fourth-order valence-corrected chi connectivity index (χ4v) is 2.02. The molecule has 0 spiro atoms. The lowest BCUT2D eigenvalue weighted by Crippen LogP contribution is -2.06. The maximum Gasteiger partial charge on any atom is 0.141 e. The Balaban J connectivity index is 2.36. The van der Waals surface area contributed by atoms with Gasteiger partial charge in [-0.15, -0.1) is 0 Å². The van der Waals surface area contributed by atoms with Crippen LogP contribution in [0.3, 0.4) is 0 Å². The van der Waals surface area contributed by atoms with Crippen molar-refractivity contribution in [1.82, 2.24) is 0 Å². The first-order chi connectivity index (χ1) is 7.61. The van der Waals surface area contributed by atoms with Crippen LogP contribution >= 0.6 is 11.6 Å². The molecule has 1 N–H and O–H groups in total. The van der Waals surface area contributed by atoms with Gasteiger partial charge < -0.3 is 9.84 Å². The second-order valence-electron chi connectivity index (χ2n) is 4.57. The topological polar surface area (TPSA) is 29.5 Å². The highest BCUT2D eigenvalue weighted by Gasteiger charge is 2.26. The number of rotatable bonds is 4. The molecule has 0 aliphatic heterocycles. The average molecular weight is 241 g/mol. The van der Waals surface area contributed by atoms with Crippen molar-refractivity contribution < 1.29 is 9.84 Å². The van der Waals surface area contributed by atoms with Crippen molar-refractivity contribution in [3.63, 3.8) is 0 Å². The monoisotopic (exact) mass is 240 g/mol. The number of ether oxygens (including phenoxy) is 1. The summed E-state index contributed by atoms with van der Waals surface area (Å²) in [6, 6.07) is 3.96. The second kappa shape index (κ2) is 4.64. The highest BCUT2D eigenvalue weighted by molar-refractivity contribution is 6.32. The molecule has 2 nitrogen and oxygen atoms in total. The number of aliphatic hydroxyl groups excluding tert-OH is 1. The van der Waals surface area contributed by atoms with Gasteiger partial charge in [-0.05, 0) is 31.4 Å². The molecule has 1 aliphatic rings. The molecular formula is C13H17ClO2. The van der Waals surface area contributed by atoms with Gasteiger partial charge in [-0.1, -0.05) is 24.6 Å². The summed E-state index contributed by atoms with van der Waals surface area (Å²) in [5.41, 5.74) is 2.11. The smallest absolute Gasteiger partial charge is 0.141 e. The number of benzene rings is 1. The van der Waals surface area contributed by atoms with E-state index in [0.717, 1.165) is 29.7 Å². The van der Waals surface area contributed by atoms with Crippen LogP contribution in [0.5, 0.6) is 5.75 Å². The first kappa shape index (κ1) is 11.7. The summed E-state index contributed by atoms with van der Waals surface area (Å²) in [5, 5.41) is 9.90. The Kier molecular flexibility index (Phi) is 3.41. The molecule has 1 atom stereocenters. The summed E-state index contributed by atoms with van der Waals surface area (Å²) in [4.78, 5) is 0. The maximum atomic E-state index is 9.25. The van der Waals surface area contributed by atoms with E-state index in [1.165, 1.54) is 0 Å². The quantitative estimate of drug-likeness (QED) is 0.875. The third-order valence-corrected chi connectivity index (χ3v) is 3.11. The standard InChI is InChI=1S/C13H17ClO2/c1-8-5-11(9(2)7-15)13(12(14)6-8)16-10-3-4-10/h5-6,9-10,15H,3-4,7H2,1-2H3. The molecule has 88 valence electrons. The summed E-state index contributed by atoms with van der Waals surface area (Å²) in [5.74, 6) is 0.822. The Bertz CT molecular complexity index is 386. The third-order valence-electron chi connectivity index (χ3n) is 2.83. The van der Waals surface area contributed by atoms with Gasteiger partial charge in [0, 0.05) is 18.1 Å². The van der Waals surface area contributed by atoms with Gasteiger partial charge >= 0.3 is 0 Å². The van der Waals surface area contributed by atoms with Crippen molar-refractivity contribution >= 4 is 11.6 Å². The minimum absolute atomic E-state index is 0.0612. The fraction of sp³-hybridized carbons (Fsp3) is 0.538. The van der Waals surface area contributed by atoms with Crippen LogP contribution in [0.2, 0.25) is 5.02 Å². The number of aliphatic hydroxyl groups is 1. The van der Waals surface area contributed by atoms with E-state index in [9.17, 15) is 5.11 Å². The van der Waals surface area contributed by atoms with Crippen LogP contribution in [0, 0.1) is 6.92 Å². The first-order valence-electron chi connectivity index (χ1n) is 5.69. The predicted octanol–water partition coefficient (Wildman–Crippen LogP) is 3.29. The summed E-state index contributed by atoms with van der Waals surface area (Å²) in [7, 11) is 0. The zero-order valence-corrected chi connectivity index (χ0v) is 10.4. The van der Waals surface area contributed by atoms with Gasteiger partial charge in [0.25, 0.3) is 0 Å². The molecule has 0 heterocycles. The Labute approximate surface area is 101 Å². The predicted molar refractivity (Wildman–Crippen MR) is 65.3 cm³/mol. The van der Waals surface area contributed by atoms with Crippen molar-refractivity contribution in [2.24, 2.45) is 0 Å². The molecule has 1 aliphatic carbocycles. The zero-order chi connectivity index (χ0) is 11.7. The van der Waals surface area contributed by atoms with E-state index in [2.05, 4.69) is 0 Å². The molecule has 0 saturated heterocycles. The lowest BCUT2D eigenvalue weighted by atomic mass is 9.99. The molecule has 16 heavy (non-hydrogen) atoms. The van der Waals surface area contributed by atoms with E-state index in [1.807, 2.05) is 26.0 Å². The molecule has 1 unspecified atom stereocenters. The van der Waals surface area contributed by atoms with E-state index < -0.39 is 0 Å². The Morgan fingerprint density at radius 3 is 2.75 bits per heavy atom. The SMILES string of the molecule is Cc1cc(Cl)c(OC2CC2)c(C(C)CO)c1. The molecule has 0 radical (unpaired) electrons. The number of hydrogen-bond donors (Lipinski definition) is 1. The minimum Gasteiger partial charge on any atom is -0.489 e. The first-order valence-corrected chi connectivity index (χ1v) is 6.07. The van der Waals surface area contributed by atoms with E-state index in [-0.39, 0.29) is 12.5 Å². The zero-order valence-electron chi connectivity index (χ0n) is 9.66. The van der Waals surface area contributed by atoms with Crippen LogP contribution in [0.1, 0.15) is 36.8 Å². The van der Waals surface area contributed by atoms with E-state index in [0.29, 0.717) is 11.1 Å². The third kappa shape index (κ3) is 2.50. The molecule has 1 fully saturated rings. The van der Waals surface area contributed by atoms with Crippen LogP contribution in [-0.2, 0) is 0 Å². The van der Waals surface area contributed by atoms with Gasteiger partial charge in [0.15, 0.2) is 0 Å². The highest BCUT2D eigenvalue weighted by Crippen LogP contribution is 2.38. The van der Waals surface area contributed by atoms with Gasteiger partial charge in [-0.25, -0.2) is 0 Å². The second-order valence-corrected chi connectivity index (χ2v) is 4.97. The molecule has 1 aromatic rings. The van der Waals surface area contributed by atoms with E-state index >= 15 is 0 Å². The van der Waals surface area contributed by atoms with Gasteiger partial charge in [-0.3, -0.25) is 0 Å². The van der Waals surface area contributed by atoms with Gasteiger partial charge in [-0.2, -0.15) is 0 Å². The van der Waals surface area contributed by atoms with Crippen LogP contribution < -0.4 is 4.74 Å². The van der Waals surface area contributed by atoms with Crippen molar-refractivity contribution in [1.29, 1.82) is 0 Å². The van der Waals surface area contributed by atoms with Crippen LogP contribution in [0.25, 0.3) is 0 Å². The van der Waals surface area contributed by atoms with E-state index in [4.69, 9.17) is 16.3 Å². The van der Waals surface area contributed by atoms with Crippen molar-refractivity contribution in [2.45, 2.75) is 38.7 Å². The van der Waals surface area contributed by atoms with Gasteiger partial charge in [0.2, 0.25) is 0 Å². The Morgan fingerprint density at radius 2 is 2.19 bits per heavy atom. The minimum atomic E-state index is 0.0612. The summed E-state index contributed by atoms with van der Waals surface area (Å²) >= 11 is 6.20. The molecule has 1 aromatic carbocycles. The average Bonchev–Trinajstić information content (AvgIpc) is 3.04. The molecule has 1 saturated carbocycles. The van der Waals surface area contributed by atoms with Gasteiger partial charge in [0.1, 0.15) is 5.75 Å². The summed E-state index contributed by atoms with van der Waals surface area (Å²) in [6.07, 6.45) is 2.54.